The van der Waals surface area contributed by atoms with Gasteiger partial charge in [-0.15, -0.1) is 0 Å². The first-order chi connectivity index (χ1) is 8.75. The smallest absolute Gasteiger partial charge is 0.303 e. The maximum Gasteiger partial charge on any atom is 0.303 e. The molecule has 0 aromatic carbocycles. The van der Waals surface area contributed by atoms with Crippen molar-refractivity contribution in [3.63, 3.8) is 0 Å². The lowest BCUT2D eigenvalue weighted by Gasteiger charge is -2.35. The van der Waals surface area contributed by atoms with Crippen LogP contribution < -0.4 is 5.32 Å². The second-order valence-electron chi connectivity index (χ2n) is 5.72. The van der Waals surface area contributed by atoms with Gasteiger partial charge in [0.2, 0.25) is 0 Å². The van der Waals surface area contributed by atoms with Gasteiger partial charge in [0.25, 0.3) is 0 Å². The molecule has 0 aromatic heterocycles. The SMILES string of the molecule is O=C(O)CCC1CN(C2CCCCC2)CCCN1. The summed E-state index contributed by atoms with van der Waals surface area (Å²) in [5.74, 6) is -0.676. The maximum absolute atomic E-state index is 10.7. The van der Waals surface area contributed by atoms with E-state index in [2.05, 4.69) is 10.2 Å². The Bertz CT molecular complexity index is 265. The minimum atomic E-state index is -0.676. The summed E-state index contributed by atoms with van der Waals surface area (Å²) < 4.78 is 0. The number of hydrogen-bond donors (Lipinski definition) is 2. The minimum Gasteiger partial charge on any atom is -0.481 e. The van der Waals surface area contributed by atoms with Crippen LogP contribution in [0.25, 0.3) is 0 Å². The Morgan fingerprint density at radius 3 is 2.72 bits per heavy atom. The van der Waals surface area contributed by atoms with Crippen LogP contribution in [0.5, 0.6) is 0 Å². The van der Waals surface area contributed by atoms with E-state index in [0.717, 1.165) is 25.6 Å². The van der Waals surface area contributed by atoms with E-state index in [9.17, 15) is 4.79 Å². The molecule has 1 heterocycles. The van der Waals surface area contributed by atoms with E-state index >= 15 is 0 Å². The predicted molar refractivity (Wildman–Crippen MR) is 71.7 cm³/mol. The fourth-order valence-electron chi connectivity index (χ4n) is 3.30. The van der Waals surface area contributed by atoms with Crippen molar-refractivity contribution in [3.05, 3.63) is 0 Å². The second kappa shape index (κ2) is 7.10. The maximum atomic E-state index is 10.7. The second-order valence-corrected chi connectivity index (χ2v) is 5.72. The van der Waals surface area contributed by atoms with Crippen molar-refractivity contribution in [2.24, 2.45) is 0 Å². The average Bonchev–Trinajstić information content (AvgIpc) is 2.63. The van der Waals surface area contributed by atoms with Gasteiger partial charge >= 0.3 is 5.97 Å². The minimum absolute atomic E-state index is 0.288. The Morgan fingerprint density at radius 1 is 1.22 bits per heavy atom. The molecular formula is C14H26N2O2. The van der Waals surface area contributed by atoms with E-state index in [4.69, 9.17) is 5.11 Å². The quantitative estimate of drug-likeness (QED) is 0.804. The highest BCUT2D eigenvalue weighted by Crippen LogP contribution is 2.23. The normalized spacial score (nSPS) is 27.9. The van der Waals surface area contributed by atoms with Crippen molar-refractivity contribution in [2.45, 2.75) is 63.5 Å². The van der Waals surface area contributed by atoms with Gasteiger partial charge in [0, 0.05) is 25.0 Å². The number of hydrogen-bond acceptors (Lipinski definition) is 3. The third kappa shape index (κ3) is 4.25. The molecule has 0 amide bonds. The van der Waals surface area contributed by atoms with E-state index in [1.807, 2.05) is 0 Å². The highest BCUT2D eigenvalue weighted by molar-refractivity contribution is 5.66. The molecule has 1 aliphatic heterocycles. The molecule has 18 heavy (non-hydrogen) atoms. The molecule has 4 nitrogen and oxygen atoms in total. The van der Waals surface area contributed by atoms with Crippen molar-refractivity contribution < 1.29 is 9.90 Å². The number of carboxylic acid groups (broad SMARTS) is 1. The van der Waals surface area contributed by atoms with Crippen LogP contribution in [0, 0.1) is 0 Å². The van der Waals surface area contributed by atoms with Crippen molar-refractivity contribution in [2.75, 3.05) is 19.6 Å². The number of aliphatic carboxylic acids is 1. The zero-order valence-corrected chi connectivity index (χ0v) is 11.2. The van der Waals surface area contributed by atoms with Crippen molar-refractivity contribution in [3.8, 4) is 0 Å². The lowest BCUT2D eigenvalue weighted by Crippen LogP contribution is -2.43. The molecule has 1 unspecified atom stereocenters. The molecule has 0 radical (unpaired) electrons. The monoisotopic (exact) mass is 254 g/mol. The number of nitrogens with one attached hydrogen (secondary N) is 1. The number of carbonyl (C=O) groups is 1. The Labute approximate surface area is 110 Å². The third-order valence-electron chi connectivity index (χ3n) is 4.31. The topological polar surface area (TPSA) is 52.6 Å². The van der Waals surface area contributed by atoms with E-state index in [-0.39, 0.29) is 6.42 Å². The van der Waals surface area contributed by atoms with E-state index < -0.39 is 5.97 Å². The van der Waals surface area contributed by atoms with Crippen LogP contribution in [-0.2, 0) is 4.79 Å². The van der Waals surface area contributed by atoms with E-state index in [0.29, 0.717) is 6.04 Å². The summed E-state index contributed by atoms with van der Waals surface area (Å²) in [6.45, 7) is 3.26. The lowest BCUT2D eigenvalue weighted by molar-refractivity contribution is -0.137. The largest absolute Gasteiger partial charge is 0.481 e. The molecule has 104 valence electrons. The summed E-state index contributed by atoms with van der Waals surface area (Å²) in [5, 5.41) is 12.3. The van der Waals surface area contributed by atoms with Gasteiger partial charge in [-0.25, -0.2) is 0 Å². The van der Waals surface area contributed by atoms with Crippen LogP contribution in [0.4, 0.5) is 0 Å². The lowest BCUT2D eigenvalue weighted by atomic mass is 9.93. The molecule has 1 saturated heterocycles. The third-order valence-corrected chi connectivity index (χ3v) is 4.31. The van der Waals surface area contributed by atoms with Gasteiger partial charge in [0.05, 0.1) is 0 Å². The first-order valence-electron chi connectivity index (χ1n) is 7.45. The van der Waals surface area contributed by atoms with Crippen LogP contribution >= 0.6 is 0 Å². The molecular weight excluding hydrogens is 228 g/mol. The summed E-state index contributed by atoms with van der Waals surface area (Å²) in [7, 11) is 0. The van der Waals surface area contributed by atoms with E-state index in [1.165, 1.54) is 45.1 Å². The van der Waals surface area contributed by atoms with Crippen molar-refractivity contribution >= 4 is 5.97 Å². The van der Waals surface area contributed by atoms with Crippen molar-refractivity contribution in [1.29, 1.82) is 0 Å². The molecule has 2 fully saturated rings. The van der Waals surface area contributed by atoms with Gasteiger partial charge in [-0.05, 0) is 38.8 Å². The predicted octanol–water partition coefficient (Wildman–Crippen LogP) is 1.85. The highest BCUT2D eigenvalue weighted by Gasteiger charge is 2.25. The van der Waals surface area contributed by atoms with Gasteiger partial charge < -0.3 is 10.4 Å². The number of carboxylic acids is 1. The zero-order chi connectivity index (χ0) is 12.8. The van der Waals surface area contributed by atoms with Gasteiger partial charge in [0.1, 0.15) is 0 Å². The Balaban J connectivity index is 1.83. The first kappa shape index (κ1) is 13.8. The molecule has 0 spiro atoms. The van der Waals surface area contributed by atoms with Crippen LogP contribution in [0.15, 0.2) is 0 Å². The van der Waals surface area contributed by atoms with E-state index in [1.54, 1.807) is 0 Å². The fraction of sp³-hybridized carbons (Fsp3) is 0.929. The Morgan fingerprint density at radius 2 is 2.00 bits per heavy atom. The molecule has 2 rings (SSSR count). The van der Waals surface area contributed by atoms with Gasteiger partial charge in [-0.2, -0.15) is 0 Å². The zero-order valence-electron chi connectivity index (χ0n) is 11.2. The number of rotatable bonds is 4. The molecule has 0 bridgehead atoms. The molecule has 1 atom stereocenters. The average molecular weight is 254 g/mol. The molecule has 4 heteroatoms. The fourth-order valence-corrected chi connectivity index (χ4v) is 3.30. The summed E-state index contributed by atoms with van der Waals surface area (Å²) >= 11 is 0. The first-order valence-corrected chi connectivity index (χ1v) is 7.45. The summed E-state index contributed by atoms with van der Waals surface area (Å²) in [6, 6.07) is 1.12. The Hall–Kier alpha value is -0.610. The standard InChI is InChI=1S/C14H26N2O2/c17-14(18)8-7-12-11-16(10-4-9-15-12)13-5-2-1-3-6-13/h12-13,15H,1-11H2,(H,17,18). The van der Waals surface area contributed by atoms with Crippen LogP contribution in [0.1, 0.15) is 51.4 Å². The highest BCUT2D eigenvalue weighted by atomic mass is 16.4. The molecule has 0 aromatic rings. The van der Waals surface area contributed by atoms with Gasteiger partial charge in [-0.1, -0.05) is 19.3 Å². The van der Waals surface area contributed by atoms with Crippen LogP contribution in [0.2, 0.25) is 0 Å². The van der Waals surface area contributed by atoms with Crippen LogP contribution in [-0.4, -0.2) is 47.7 Å². The number of nitrogens with zero attached hydrogens (tertiary/aromatic N) is 1. The van der Waals surface area contributed by atoms with Gasteiger partial charge in [0.15, 0.2) is 0 Å². The summed E-state index contributed by atoms with van der Waals surface area (Å²) in [5.41, 5.74) is 0. The van der Waals surface area contributed by atoms with Gasteiger partial charge in [-0.3, -0.25) is 9.69 Å². The molecule has 1 saturated carbocycles. The Kier molecular flexibility index (Phi) is 5.45. The summed E-state index contributed by atoms with van der Waals surface area (Å²) in [4.78, 5) is 13.3. The van der Waals surface area contributed by atoms with Crippen molar-refractivity contribution in [1.82, 2.24) is 10.2 Å². The van der Waals surface area contributed by atoms with Crippen LogP contribution in [0.3, 0.4) is 0 Å². The summed E-state index contributed by atoms with van der Waals surface area (Å²) in [6.07, 6.45) is 9.06. The molecule has 2 aliphatic rings. The molecule has 2 N–H and O–H groups in total. The molecule has 1 aliphatic carbocycles.